The molecule has 0 aliphatic carbocycles. The Morgan fingerprint density at radius 1 is 1.20 bits per heavy atom. The summed E-state index contributed by atoms with van der Waals surface area (Å²) in [7, 11) is 0. The average molecular weight is 352 g/mol. The van der Waals surface area contributed by atoms with Crippen molar-refractivity contribution in [3.8, 4) is 5.69 Å². The normalized spacial score (nSPS) is 19.7. The minimum Gasteiger partial charge on any atom is -0.378 e. The molecule has 2 saturated heterocycles. The van der Waals surface area contributed by atoms with E-state index in [1.807, 2.05) is 6.07 Å². The molecule has 7 nitrogen and oxygen atoms in total. The highest BCUT2D eigenvalue weighted by Gasteiger charge is 2.26. The third kappa shape index (κ3) is 3.25. The fourth-order valence-corrected chi connectivity index (χ4v) is 3.49. The Morgan fingerprint density at radius 2 is 1.96 bits per heavy atom. The summed E-state index contributed by atoms with van der Waals surface area (Å²) in [5, 5.41) is 11.8. The first-order valence-corrected chi connectivity index (χ1v) is 8.69. The van der Waals surface area contributed by atoms with Gasteiger partial charge in [-0.15, -0.1) is 0 Å². The molecule has 0 radical (unpaired) electrons. The van der Waals surface area contributed by atoms with E-state index in [0.717, 1.165) is 44.8 Å². The molecule has 0 unspecified atom stereocenters. The largest absolute Gasteiger partial charge is 0.378 e. The summed E-state index contributed by atoms with van der Waals surface area (Å²) in [6.07, 6.45) is 2.49. The molecule has 0 bridgehead atoms. The molecule has 9 heteroatoms. The molecule has 0 saturated carbocycles. The van der Waals surface area contributed by atoms with Gasteiger partial charge in [0.05, 0.1) is 31.6 Å². The zero-order valence-corrected chi connectivity index (χ0v) is 13.9. The molecule has 2 aliphatic heterocycles. The first kappa shape index (κ1) is 16.5. The third-order valence-corrected chi connectivity index (χ3v) is 4.82. The molecule has 4 heterocycles. The van der Waals surface area contributed by atoms with Gasteiger partial charge in [-0.05, 0) is 25.9 Å². The van der Waals surface area contributed by atoms with E-state index in [2.05, 4.69) is 20.4 Å². The molecule has 136 valence electrons. The third-order valence-electron chi connectivity index (χ3n) is 4.82. The van der Waals surface area contributed by atoms with Gasteiger partial charge in [-0.1, -0.05) is 0 Å². The van der Waals surface area contributed by atoms with Crippen LogP contribution >= 0.6 is 0 Å². The van der Waals surface area contributed by atoms with Gasteiger partial charge in [-0.25, -0.2) is 13.5 Å². The Labute approximate surface area is 144 Å². The number of hydrogen-bond donors (Lipinski definition) is 1. The van der Waals surface area contributed by atoms with Crippen molar-refractivity contribution in [2.75, 3.05) is 44.3 Å². The number of ether oxygens (including phenoxy) is 1. The molecule has 2 aromatic heterocycles. The van der Waals surface area contributed by atoms with Crippen LogP contribution in [0.2, 0.25) is 0 Å². The molecule has 0 aromatic carbocycles. The van der Waals surface area contributed by atoms with Crippen molar-refractivity contribution in [1.82, 2.24) is 24.9 Å². The van der Waals surface area contributed by atoms with E-state index in [0.29, 0.717) is 18.9 Å². The molecule has 25 heavy (non-hydrogen) atoms. The van der Waals surface area contributed by atoms with Gasteiger partial charge >= 0.3 is 0 Å². The lowest BCUT2D eigenvalue weighted by Gasteiger charge is -2.28. The molecule has 2 fully saturated rings. The lowest BCUT2D eigenvalue weighted by atomic mass is 10.1. The van der Waals surface area contributed by atoms with Crippen molar-refractivity contribution in [3.05, 3.63) is 24.2 Å². The second-order valence-electron chi connectivity index (χ2n) is 6.36. The lowest BCUT2D eigenvalue weighted by Crippen LogP contribution is -2.37. The Hall–Kier alpha value is -2.00. The van der Waals surface area contributed by atoms with Gasteiger partial charge < -0.3 is 15.0 Å². The minimum atomic E-state index is -2.64. The van der Waals surface area contributed by atoms with Crippen LogP contribution in [0.15, 0.2) is 18.5 Å². The maximum absolute atomic E-state index is 13.6. The van der Waals surface area contributed by atoms with E-state index in [1.165, 1.54) is 0 Å². The molecular weight excluding hydrogens is 330 g/mol. The zero-order valence-electron chi connectivity index (χ0n) is 13.9. The number of aromatic nitrogens is 4. The maximum Gasteiger partial charge on any atom is 0.284 e. The average Bonchev–Trinajstić information content (AvgIpc) is 3.30. The fraction of sp³-hybridized carbons (Fsp3) is 0.625. The SMILES string of the molecule is FC(F)c1nn(C2CCNCC2)cc1-n1nccc1N1CCOCC1. The number of anilines is 1. The number of nitrogens with zero attached hydrogens (tertiary/aromatic N) is 5. The molecule has 4 rings (SSSR count). The van der Waals surface area contributed by atoms with E-state index < -0.39 is 6.43 Å². The minimum absolute atomic E-state index is 0.148. The summed E-state index contributed by atoms with van der Waals surface area (Å²) in [5.41, 5.74) is 0.150. The van der Waals surface area contributed by atoms with Crippen molar-refractivity contribution in [1.29, 1.82) is 0 Å². The number of hydrogen-bond acceptors (Lipinski definition) is 5. The highest BCUT2D eigenvalue weighted by atomic mass is 19.3. The van der Waals surface area contributed by atoms with Crippen LogP contribution in [0, 0.1) is 0 Å². The number of rotatable bonds is 4. The second-order valence-corrected chi connectivity index (χ2v) is 6.36. The highest BCUT2D eigenvalue weighted by Crippen LogP contribution is 2.30. The van der Waals surface area contributed by atoms with Crippen LogP contribution in [0.5, 0.6) is 0 Å². The highest BCUT2D eigenvalue weighted by molar-refractivity contribution is 5.48. The number of morpholine rings is 1. The number of piperidine rings is 1. The molecule has 0 amide bonds. The van der Waals surface area contributed by atoms with Gasteiger partial charge in [-0.2, -0.15) is 10.2 Å². The summed E-state index contributed by atoms with van der Waals surface area (Å²) in [5.74, 6) is 0.801. The molecule has 0 atom stereocenters. The van der Waals surface area contributed by atoms with Gasteiger partial charge in [0.25, 0.3) is 6.43 Å². The molecule has 1 N–H and O–H groups in total. The van der Waals surface area contributed by atoms with Crippen LogP contribution in [0.1, 0.15) is 31.0 Å². The topological polar surface area (TPSA) is 60.1 Å². The quantitative estimate of drug-likeness (QED) is 0.909. The molecule has 2 aliphatic rings. The van der Waals surface area contributed by atoms with Crippen molar-refractivity contribution in [2.24, 2.45) is 0 Å². The molecule has 0 spiro atoms. The van der Waals surface area contributed by atoms with Gasteiger partial charge in [-0.3, -0.25) is 4.68 Å². The number of halogens is 2. The molecule has 2 aromatic rings. The van der Waals surface area contributed by atoms with E-state index in [9.17, 15) is 8.78 Å². The monoisotopic (exact) mass is 352 g/mol. The van der Waals surface area contributed by atoms with Gasteiger partial charge in [0, 0.05) is 19.2 Å². The van der Waals surface area contributed by atoms with E-state index in [4.69, 9.17) is 4.74 Å². The van der Waals surface area contributed by atoms with Gasteiger partial charge in [0.1, 0.15) is 11.5 Å². The summed E-state index contributed by atoms with van der Waals surface area (Å²) in [4.78, 5) is 2.10. The van der Waals surface area contributed by atoms with Crippen molar-refractivity contribution in [2.45, 2.75) is 25.3 Å². The van der Waals surface area contributed by atoms with Crippen LogP contribution in [-0.4, -0.2) is 59.0 Å². The maximum atomic E-state index is 13.6. The Morgan fingerprint density at radius 3 is 2.68 bits per heavy atom. The first-order valence-electron chi connectivity index (χ1n) is 8.69. The zero-order chi connectivity index (χ0) is 17.2. The predicted molar refractivity (Wildman–Crippen MR) is 88.5 cm³/mol. The standard InChI is InChI=1S/C16H22F2N6O/c17-16(18)15-13(11-23(21-15)12-1-4-19-5-2-12)24-14(3-6-20-24)22-7-9-25-10-8-22/h3,6,11-12,16,19H,1-2,4-5,7-10H2. The van der Waals surface area contributed by atoms with E-state index in [-0.39, 0.29) is 11.7 Å². The Bertz CT molecular complexity index is 703. The van der Waals surface area contributed by atoms with Crippen LogP contribution < -0.4 is 10.2 Å². The smallest absolute Gasteiger partial charge is 0.284 e. The number of alkyl halides is 2. The van der Waals surface area contributed by atoms with Crippen LogP contribution in [0.25, 0.3) is 5.69 Å². The van der Waals surface area contributed by atoms with Crippen molar-refractivity contribution in [3.63, 3.8) is 0 Å². The lowest BCUT2D eigenvalue weighted by molar-refractivity contribution is 0.122. The predicted octanol–water partition coefficient (Wildman–Crippen LogP) is 1.77. The van der Waals surface area contributed by atoms with E-state index in [1.54, 1.807) is 21.8 Å². The molecular formula is C16H22F2N6O. The van der Waals surface area contributed by atoms with Crippen molar-refractivity contribution >= 4 is 5.82 Å². The van der Waals surface area contributed by atoms with Crippen LogP contribution in [-0.2, 0) is 4.74 Å². The Balaban J connectivity index is 1.69. The Kier molecular flexibility index (Phi) is 4.67. The first-order chi connectivity index (χ1) is 12.2. The summed E-state index contributed by atoms with van der Waals surface area (Å²) >= 11 is 0. The summed E-state index contributed by atoms with van der Waals surface area (Å²) in [6.45, 7) is 4.45. The van der Waals surface area contributed by atoms with Crippen molar-refractivity contribution < 1.29 is 13.5 Å². The number of nitrogens with one attached hydrogen (secondary N) is 1. The van der Waals surface area contributed by atoms with Crippen LogP contribution in [0.4, 0.5) is 14.6 Å². The second kappa shape index (κ2) is 7.09. The van der Waals surface area contributed by atoms with Gasteiger partial charge in [0.2, 0.25) is 0 Å². The van der Waals surface area contributed by atoms with E-state index >= 15 is 0 Å². The summed E-state index contributed by atoms with van der Waals surface area (Å²) < 4.78 is 35.9. The fourth-order valence-electron chi connectivity index (χ4n) is 3.49. The summed E-state index contributed by atoms with van der Waals surface area (Å²) in [6, 6.07) is 2.00. The van der Waals surface area contributed by atoms with Gasteiger partial charge in [0.15, 0.2) is 5.69 Å². The van der Waals surface area contributed by atoms with Crippen LogP contribution in [0.3, 0.4) is 0 Å².